The van der Waals surface area contributed by atoms with Crippen molar-refractivity contribution in [3.05, 3.63) is 35.9 Å². The molecule has 0 spiro atoms. The lowest BCUT2D eigenvalue weighted by Crippen LogP contribution is -2.74. The molecule has 2 heterocycles. The van der Waals surface area contributed by atoms with Crippen LogP contribution in [0.1, 0.15) is 25.8 Å². The molecule has 11 heteroatoms. The zero-order valence-corrected chi connectivity index (χ0v) is 17.9. The molecule has 0 aromatic heterocycles. The Morgan fingerprint density at radius 3 is 2.47 bits per heavy atom. The van der Waals surface area contributed by atoms with Crippen molar-refractivity contribution >= 4 is 5.91 Å². The number of amides is 1. The smallest absolute Gasteiger partial charge is 0.219 e. The van der Waals surface area contributed by atoms with Crippen molar-refractivity contribution in [3.63, 3.8) is 0 Å². The van der Waals surface area contributed by atoms with E-state index in [1.807, 2.05) is 6.07 Å². The van der Waals surface area contributed by atoms with Crippen molar-refractivity contribution in [2.45, 2.75) is 81.8 Å². The number of hydrogen-bond acceptors (Lipinski definition) is 10. The van der Waals surface area contributed by atoms with Crippen molar-refractivity contribution in [2.24, 2.45) is 0 Å². The van der Waals surface area contributed by atoms with Crippen LogP contribution in [0.5, 0.6) is 0 Å². The minimum absolute atomic E-state index is 0.00374. The van der Waals surface area contributed by atoms with Crippen LogP contribution in [-0.2, 0) is 30.3 Å². The summed E-state index contributed by atoms with van der Waals surface area (Å²) in [6.07, 6.45) is -10.2. The Bertz CT molecular complexity index is 739. The number of carbonyl (C=O) groups excluding carboxylic acids is 1. The number of nitrogens with one attached hydrogen (secondary N) is 1. The van der Waals surface area contributed by atoms with Gasteiger partial charge in [-0.25, -0.2) is 0 Å². The van der Waals surface area contributed by atoms with E-state index in [1.165, 1.54) is 6.92 Å². The average molecular weight is 457 g/mol. The zero-order valence-electron chi connectivity index (χ0n) is 17.9. The van der Waals surface area contributed by atoms with Crippen LogP contribution in [0.15, 0.2) is 30.3 Å². The van der Waals surface area contributed by atoms with E-state index in [2.05, 4.69) is 5.32 Å². The van der Waals surface area contributed by atoms with Crippen LogP contribution >= 0.6 is 0 Å². The van der Waals surface area contributed by atoms with Gasteiger partial charge in [0.1, 0.15) is 24.4 Å². The fraction of sp³-hybridized carbons (Fsp3) is 0.667. The lowest BCUT2D eigenvalue weighted by molar-refractivity contribution is -0.379. The van der Waals surface area contributed by atoms with Gasteiger partial charge in [0, 0.05) is 13.3 Å². The number of carbonyl (C=O) groups is 1. The van der Waals surface area contributed by atoms with Gasteiger partial charge in [0.15, 0.2) is 6.29 Å². The maximum atomic E-state index is 11.9. The van der Waals surface area contributed by atoms with Crippen molar-refractivity contribution in [3.8, 4) is 0 Å². The quantitative estimate of drug-likeness (QED) is 0.261. The highest BCUT2D eigenvalue weighted by Crippen LogP contribution is 2.34. The molecule has 0 radical (unpaired) electrons. The fourth-order valence-electron chi connectivity index (χ4n) is 3.87. The molecule has 0 bridgehead atoms. The third-order valence-electron chi connectivity index (χ3n) is 5.56. The minimum atomic E-state index is -2.36. The van der Waals surface area contributed by atoms with Crippen LogP contribution in [0, 0.1) is 0 Å². The van der Waals surface area contributed by atoms with Crippen LogP contribution in [0.25, 0.3) is 0 Å². The van der Waals surface area contributed by atoms with Gasteiger partial charge in [-0.1, -0.05) is 30.3 Å². The Hall–Kier alpha value is -1.67. The number of benzene rings is 1. The molecule has 0 aliphatic carbocycles. The number of ether oxygens (including phenoxy) is 4. The maximum absolute atomic E-state index is 11.9. The largest absolute Gasteiger partial charge is 0.394 e. The summed E-state index contributed by atoms with van der Waals surface area (Å²) in [6, 6.07) is 9.00. The molecule has 6 N–H and O–H groups in total. The van der Waals surface area contributed by atoms with Crippen LogP contribution < -0.4 is 5.32 Å². The van der Waals surface area contributed by atoms with E-state index < -0.39 is 67.4 Å². The molecule has 0 saturated carbocycles. The second kappa shape index (κ2) is 10.5. The van der Waals surface area contributed by atoms with Crippen molar-refractivity contribution < 1.29 is 49.3 Å². The summed E-state index contributed by atoms with van der Waals surface area (Å²) < 4.78 is 22.6. The van der Waals surface area contributed by atoms with Crippen LogP contribution in [-0.4, -0.2) is 93.0 Å². The van der Waals surface area contributed by atoms with Crippen molar-refractivity contribution in [1.29, 1.82) is 0 Å². The number of rotatable bonds is 7. The Morgan fingerprint density at radius 2 is 1.88 bits per heavy atom. The van der Waals surface area contributed by atoms with Crippen LogP contribution in [0.3, 0.4) is 0 Å². The maximum Gasteiger partial charge on any atom is 0.219 e. The van der Waals surface area contributed by atoms with E-state index in [-0.39, 0.29) is 13.0 Å². The summed E-state index contributed by atoms with van der Waals surface area (Å²) in [7, 11) is 0. The number of aliphatic hydroxyl groups is 5. The van der Waals surface area contributed by atoms with Gasteiger partial charge in [0.25, 0.3) is 0 Å². The van der Waals surface area contributed by atoms with E-state index in [9.17, 15) is 30.3 Å². The van der Waals surface area contributed by atoms with E-state index in [0.29, 0.717) is 0 Å². The van der Waals surface area contributed by atoms with Gasteiger partial charge in [0.2, 0.25) is 17.9 Å². The third kappa shape index (κ3) is 5.45. The first-order chi connectivity index (χ1) is 15.2. The van der Waals surface area contributed by atoms with Gasteiger partial charge in [-0.2, -0.15) is 0 Å². The molecule has 32 heavy (non-hydrogen) atoms. The molecule has 2 saturated heterocycles. The Labute approximate surface area is 185 Å². The van der Waals surface area contributed by atoms with E-state index in [1.54, 1.807) is 24.3 Å². The van der Waals surface area contributed by atoms with Crippen LogP contribution in [0.4, 0.5) is 0 Å². The summed E-state index contributed by atoms with van der Waals surface area (Å²) in [6.45, 7) is 2.07. The van der Waals surface area contributed by atoms with E-state index >= 15 is 0 Å². The van der Waals surface area contributed by atoms with Crippen LogP contribution in [0.2, 0.25) is 0 Å². The summed E-state index contributed by atoms with van der Waals surface area (Å²) in [4.78, 5) is 11.9. The molecular formula is C21H31NO10. The molecule has 1 amide bonds. The molecule has 11 nitrogen and oxygen atoms in total. The zero-order chi connectivity index (χ0) is 23.5. The highest BCUT2D eigenvalue weighted by molar-refractivity contribution is 5.73. The van der Waals surface area contributed by atoms with Gasteiger partial charge in [-0.3, -0.25) is 4.79 Å². The second-order valence-electron chi connectivity index (χ2n) is 8.10. The van der Waals surface area contributed by atoms with Gasteiger partial charge in [-0.05, 0) is 12.5 Å². The third-order valence-corrected chi connectivity index (χ3v) is 5.56. The van der Waals surface area contributed by atoms with Gasteiger partial charge < -0.3 is 49.8 Å². The molecular weight excluding hydrogens is 426 g/mol. The standard InChI is InChI=1S/C21H31NO10/c1-11-17(26)14(25)8-16(30-11)32-19-18(27)15(9-23)31-20(21(19,28)22-12(2)24)29-10-13-6-4-3-5-7-13/h3-7,11,14-20,23,25-28H,8-10H2,1-2H3,(H,22,24)/t11-,14-,15-,16+,17+,18+,19+,20+,21-/m1/s1. The fourth-order valence-corrected chi connectivity index (χ4v) is 3.87. The Balaban J connectivity index is 1.85. The molecule has 2 aliphatic rings. The Kier molecular flexibility index (Phi) is 8.20. The molecule has 1 aromatic carbocycles. The highest BCUT2D eigenvalue weighted by atomic mass is 16.7. The average Bonchev–Trinajstić information content (AvgIpc) is 2.74. The normalized spacial score (nSPS) is 40.1. The minimum Gasteiger partial charge on any atom is -0.394 e. The second-order valence-corrected chi connectivity index (χ2v) is 8.10. The van der Waals surface area contributed by atoms with Crippen molar-refractivity contribution in [2.75, 3.05) is 6.61 Å². The monoisotopic (exact) mass is 457 g/mol. The summed E-state index contributed by atoms with van der Waals surface area (Å²) in [5.74, 6) is -0.652. The molecule has 2 aliphatic heterocycles. The molecule has 1 aromatic rings. The summed E-state index contributed by atoms with van der Waals surface area (Å²) >= 11 is 0. The lowest BCUT2D eigenvalue weighted by atomic mass is 9.92. The highest BCUT2D eigenvalue weighted by Gasteiger charge is 2.58. The SMILES string of the molecule is CC(=O)N[C@]1(O)[C@@H](OCc2ccccc2)O[C@H](CO)[C@H](O)[C@@H]1O[C@H]1C[C@@H](O)[C@@H](O)[C@@H](C)O1. The first-order valence-electron chi connectivity index (χ1n) is 10.4. The van der Waals surface area contributed by atoms with Gasteiger partial charge in [-0.15, -0.1) is 0 Å². The van der Waals surface area contributed by atoms with E-state index in [0.717, 1.165) is 12.5 Å². The summed E-state index contributed by atoms with van der Waals surface area (Å²) in [5, 5.41) is 54.1. The first-order valence-corrected chi connectivity index (χ1v) is 10.4. The van der Waals surface area contributed by atoms with Gasteiger partial charge in [0.05, 0.1) is 25.4 Å². The molecule has 2 fully saturated rings. The molecule has 0 unspecified atom stereocenters. The predicted octanol–water partition coefficient (Wildman–Crippen LogP) is -1.65. The number of aliphatic hydroxyl groups excluding tert-OH is 4. The van der Waals surface area contributed by atoms with Crippen molar-refractivity contribution in [1.82, 2.24) is 5.32 Å². The van der Waals surface area contributed by atoms with E-state index in [4.69, 9.17) is 18.9 Å². The lowest BCUT2D eigenvalue weighted by Gasteiger charge is -2.50. The molecule has 9 atom stereocenters. The molecule has 3 rings (SSSR count). The first kappa shape index (κ1) is 25.0. The predicted molar refractivity (Wildman–Crippen MR) is 108 cm³/mol. The topological polar surface area (TPSA) is 167 Å². The summed E-state index contributed by atoms with van der Waals surface area (Å²) in [5.41, 5.74) is -1.61. The molecule has 180 valence electrons. The Morgan fingerprint density at radius 1 is 1.19 bits per heavy atom. The number of hydrogen-bond donors (Lipinski definition) is 6. The van der Waals surface area contributed by atoms with Gasteiger partial charge >= 0.3 is 0 Å².